The predicted octanol–water partition coefficient (Wildman–Crippen LogP) is 5.18. The minimum Gasteiger partial charge on any atom is -0.338 e. The van der Waals surface area contributed by atoms with E-state index in [9.17, 15) is 4.79 Å². The molecule has 3 heterocycles. The van der Waals surface area contributed by atoms with E-state index >= 15 is 0 Å². The van der Waals surface area contributed by atoms with E-state index in [1.54, 1.807) is 11.3 Å². The molecule has 0 bridgehead atoms. The molecule has 0 N–H and O–H groups in total. The Kier molecular flexibility index (Phi) is 7.66. The highest BCUT2D eigenvalue weighted by Gasteiger charge is 2.32. The van der Waals surface area contributed by atoms with Crippen LogP contribution < -0.4 is 0 Å². The fourth-order valence-corrected chi connectivity index (χ4v) is 5.84. The molecule has 1 aliphatic heterocycles. The number of nitrogens with zero attached hydrogens (tertiary/aromatic N) is 4. The van der Waals surface area contributed by atoms with Crippen molar-refractivity contribution in [3.63, 3.8) is 0 Å². The van der Waals surface area contributed by atoms with Crippen molar-refractivity contribution in [2.75, 3.05) is 20.1 Å². The van der Waals surface area contributed by atoms with Gasteiger partial charge >= 0.3 is 0 Å². The number of likely N-dealkylation sites (N-methyl/N-ethyl adjacent to an activating group) is 1. The number of carbonyl (C=O) groups is 1. The smallest absolute Gasteiger partial charge is 0.254 e. The molecule has 33 heavy (non-hydrogen) atoms. The van der Waals surface area contributed by atoms with Crippen molar-refractivity contribution < 1.29 is 4.79 Å². The fourth-order valence-electron chi connectivity index (χ4n) is 5.21. The van der Waals surface area contributed by atoms with Gasteiger partial charge < -0.3 is 4.90 Å². The molecule has 1 amide bonds. The molecule has 2 aromatic heterocycles. The van der Waals surface area contributed by atoms with Crippen LogP contribution >= 0.6 is 11.3 Å². The lowest BCUT2D eigenvalue weighted by molar-refractivity contribution is 0.0585. The summed E-state index contributed by atoms with van der Waals surface area (Å²) in [5, 5.41) is 8.64. The molecule has 0 aliphatic carbocycles. The number of amides is 1. The number of piperidine rings is 1. The Balaban J connectivity index is 1.46. The molecular weight excluding hydrogens is 428 g/mol. The molecule has 5 nitrogen and oxygen atoms in total. The first-order valence-electron chi connectivity index (χ1n) is 12.1. The average Bonchev–Trinajstić information content (AvgIpc) is 3.47. The third-order valence-electron chi connectivity index (χ3n) is 7.26. The Morgan fingerprint density at radius 1 is 1.18 bits per heavy atom. The minimum atomic E-state index is 0.137. The monoisotopic (exact) mass is 464 g/mol. The van der Waals surface area contributed by atoms with Gasteiger partial charge in [-0.15, -0.1) is 0 Å². The summed E-state index contributed by atoms with van der Waals surface area (Å²) in [5.74, 6) is 0.632. The van der Waals surface area contributed by atoms with Gasteiger partial charge in [-0.05, 0) is 76.1 Å². The highest BCUT2D eigenvalue weighted by atomic mass is 32.1. The zero-order valence-electron chi connectivity index (χ0n) is 20.3. The zero-order chi connectivity index (χ0) is 23.4. The zero-order valence-corrected chi connectivity index (χ0v) is 21.1. The number of hydrogen-bond donors (Lipinski definition) is 0. The Morgan fingerprint density at radius 3 is 2.52 bits per heavy atom. The number of thiophene rings is 1. The van der Waals surface area contributed by atoms with Crippen molar-refractivity contribution in [2.24, 2.45) is 5.92 Å². The Hall–Kier alpha value is -2.44. The lowest BCUT2D eigenvalue weighted by Crippen LogP contribution is -2.47. The molecule has 1 aromatic carbocycles. The standard InChI is InChI=1S/C27H36N4OS/c1-5-31-21(3)25(20(2)28-31)18-30-14-11-23(12-15-30)26(17-22-9-7-6-8-10-22)29(4)27(32)24-13-16-33-19-24/h6-10,13,16,19,23,26H,5,11-12,14-15,17-18H2,1-4H3/t26-/m1/s1. The maximum absolute atomic E-state index is 13.2. The molecule has 1 saturated heterocycles. The van der Waals surface area contributed by atoms with Gasteiger partial charge in [0.2, 0.25) is 0 Å². The number of carbonyl (C=O) groups excluding carboxylic acids is 1. The fraction of sp³-hybridized carbons (Fsp3) is 0.481. The van der Waals surface area contributed by atoms with Gasteiger partial charge in [-0.25, -0.2) is 0 Å². The van der Waals surface area contributed by atoms with Gasteiger partial charge in [-0.3, -0.25) is 14.4 Å². The van der Waals surface area contributed by atoms with Crippen LogP contribution in [0.4, 0.5) is 0 Å². The third kappa shape index (κ3) is 5.39. The van der Waals surface area contributed by atoms with Gasteiger partial charge in [0.05, 0.1) is 11.3 Å². The van der Waals surface area contributed by atoms with Gasteiger partial charge in [0, 0.05) is 42.8 Å². The molecule has 1 fully saturated rings. The third-order valence-corrected chi connectivity index (χ3v) is 7.95. The van der Waals surface area contributed by atoms with Gasteiger partial charge in [0.15, 0.2) is 0 Å². The van der Waals surface area contributed by atoms with Crippen LogP contribution in [0.1, 0.15) is 52.6 Å². The van der Waals surface area contributed by atoms with Crippen molar-refractivity contribution in [1.82, 2.24) is 19.6 Å². The van der Waals surface area contributed by atoms with Crippen molar-refractivity contribution in [3.05, 3.63) is 75.2 Å². The molecule has 0 spiro atoms. The minimum absolute atomic E-state index is 0.137. The number of aromatic nitrogens is 2. The van der Waals surface area contributed by atoms with Gasteiger partial charge in [0.1, 0.15) is 0 Å². The van der Waals surface area contributed by atoms with E-state index in [4.69, 9.17) is 5.10 Å². The van der Waals surface area contributed by atoms with Gasteiger partial charge in [0.25, 0.3) is 5.91 Å². The van der Waals surface area contributed by atoms with Crippen molar-refractivity contribution in [2.45, 2.75) is 59.2 Å². The molecule has 3 aromatic rings. The van der Waals surface area contributed by atoms with E-state index in [1.807, 2.05) is 28.8 Å². The van der Waals surface area contributed by atoms with Crippen LogP contribution in [0.15, 0.2) is 47.2 Å². The van der Waals surface area contributed by atoms with Crippen LogP contribution in [0, 0.1) is 19.8 Å². The first-order chi connectivity index (χ1) is 16.0. The Labute approximate surface area is 202 Å². The quantitative estimate of drug-likeness (QED) is 0.461. The van der Waals surface area contributed by atoms with Crippen LogP contribution in [-0.4, -0.2) is 51.7 Å². The summed E-state index contributed by atoms with van der Waals surface area (Å²) in [4.78, 5) is 17.8. The number of hydrogen-bond acceptors (Lipinski definition) is 4. The van der Waals surface area contributed by atoms with E-state index in [0.717, 1.165) is 56.7 Å². The molecule has 176 valence electrons. The molecular formula is C27H36N4OS. The largest absolute Gasteiger partial charge is 0.338 e. The second-order valence-electron chi connectivity index (χ2n) is 9.26. The van der Waals surface area contributed by atoms with Crippen LogP contribution in [0.25, 0.3) is 0 Å². The molecule has 1 atom stereocenters. The molecule has 0 radical (unpaired) electrons. The topological polar surface area (TPSA) is 41.4 Å². The second kappa shape index (κ2) is 10.7. The van der Waals surface area contributed by atoms with E-state index in [-0.39, 0.29) is 11.9 Å². The summed E-state index contributed by atoms with van der Waals surface area (Å²) in [6, 6.07) is 12.8. The van der Waals surface area contributed by atoms with Crippen LogP contribution in [0.5, 0.6) is 0 Å². The number of aryl methyl sites for hydroxylation is 2. The predicted molar refractivity (Wildman–Crippen MR) is 136 cm³/mol. The molecule has 0 saturated carbocycles. The summed E-state index contributed by atoms with van der Waals surface area (Å²) in [7, 11) is 1.99. The summed E-state index contributed by atoms with van der Waals surface area (Å²) < 4.78 is 2.11. The van der Waals surface area contributed by atoms with E-state index in [1.165, 1.54) is 16.8 Å². The molecule has 4 rings (SSSR count). The van der Waals surface area contributed by atoms with Crippen LogP contribution in [0.3, 0.4) is 0 Å². The first-order valence-corrected chi connectivity index (χ1v) is 13.0. The molecule has 0 unspecified atom stereocenters. The van der Waals surface area contributed by atoms with Gasteiger partial charge in [-0.1, -0.05) is 30.3 Å². The maximum Gasteiger partial charge on any atom is 0.254 e. The lowest BCUT2D eigenvalue weighted by atomic mass is 9.84. The van der Waals surface area contributed by atoms with E-state index in [0.29, 0.717) is 5.92 Å². The van der Waals surface area contributed by atoms with Crippen LogP contribution in [-0.2, 0) is 19.5 Å². The highest BCUT2D eigenvalue weighted by molar-refractivity contribution is 7.08. The summed E-state index contributed by atoms with van der Waals surface area (Å²) in [5.41, 5.74) is 5.92. The van der Waals surface area contributed by atoms with Crippen LogP contribution in [0.2, 0.25) is 0 Å². The number of rotatable bonds is 8. The highest BCUT2D eigenvalue weighted by Crippen LogP contribution is 2.29. The normalized spacial score (nSPS) is 16.1. The molecule has 1 aliphatic rings. The first kappa shape index (κ1) is 23.7. The lowest BCUT2D eigenvalue weighted by Gasteiger charge is -2.40. The SMILES string of the molecule is CCn1nc(C)c(CN2CCC([C@@H](Cc3ccccc3)N(C)C(=O)c3ccsc3)CC2)c1C. The Bertz CT molecular complexity index is 1040. The van der Waals surface area contributed by atoms with Crippen molar-refractivity contribution >= 4 is 17.2 Å². The van der Waals surface area contributed by atoms with Crippen molar-refractivity contribution in [3.8, 4) is 0 Å². The number of likely N-dealkylation sites (tertiary alicyclic amines) is 1. The molecule has 6 heteroatoms. The van der Waals surface area contributed by atoms with Gasteiger partial charge in [-0.2, -0.15) is 16.4 Å². The summed E-state index contributed by atoms with van der Waals surface area (Å²) in [6.45, 7) is 10.5. The maximum atomic E-state index is 13.2. The Morgan fingerprint density at radius 2 is 1.91 bits per heavy atom. The summed E-state index contributed by atoms with van der Waals surface area (Å²) in [6.07, 6.45) is 3.12. The number of benzene rings is 1. The van der Waals surface area contributed by atoms with E-state index < -0.39 is 0 Å². The van der Waals surface area contributed by atoms with Crippen molar-refractivity contribution in [1.29, 1.82) is 0 Å². The van der Waals surface area contributed by atoms with E-state index in [2.05, 4.69) is 60.7 Å². The summed E-state index contributed by atoms with van der Waals surface area (Å²) >= 11 is 1.58. The average molecular weight is 465 g/mol. The second-order valence-corrected chi connectivity index (χ2v) is 10.0.